The van der Waals surface area contributed by atoms with Gasteiger partial charge in [-0.15, -0.1) is 11.3 Å². The van der Waals surface area contributed by atoms with Crippen LogP contribution >= 0.6 is 11.3 Å². The maximum atomic E-state index is 12.3. The highest BCUT2D eigenvalue weighted by Crippen LogP contribution is 2.32. The third-order valence-corrected chi connectivity index (χ3v) is 6.23. The molecule has 1 aromatic carbocycles. The maximum Gasteiger partial charge on any atom is 0.237 e. The lowest BCUT2D eigenvalue weighted by Crippen LogP contribution is -2.40. The fraction of sp³-hybridized carbons (Fsp3) is 0.520. The van der Waals surface area contributed by atoms with E-state index in [9.17, 15) is 14.4 Å². The van der Waals surface area contributed by atoms with Gasteiger partial charge in [0.05, 0.1) is 18.6 Å². The number of nitrogens with zero attached hydrogens (tertiary/aromatic N) is 2. The molecule has 7 nitrogen and oxygen atoms in total. The van der Waals surface area contributed by atoms with Gasteiger partial charge in [0.15, 0.2) is 0 Å². The number of likely N-dealkylation sites (tertiary alicyclic amines) is 1. The van der Waals surface area contributed by atoms with E-state index in [1.807, 2.05) is 35.7 Å². The van der Waals surface area contributed by atoms with Crippen LogP contribution in [0.3, 0.4) is 0 Å². The summed E-state index contributed by atoms with van der Waals surface area (Å²) in [7, 11) is 3.81. The van der Waals surface area contributed by atoms with E-state index in [0.29, 0.717) is 23.6 Å². The predicted octanol–water partition coefficient (Wildman–Crippen LogP) is 3.86. The Balaban J connectivity index is 0.000000329. The zero-order valence-corrected chi connectivity index (χ0v) is 21.3. The molecule has 2 aromatic rings. The van der Waals surface area contributed by atoms with E-state index in [-0.39, 0.29) is 24.3 Å². The second-order valence-corrected chi connectivity index (χ2v) is 8.72. The van der Waals surface area contributed by atoms with Crippen LogP contribution in [0, 0.1) is 0 Å². The molecule has 0 aliphatic carbocycles. The molecule has 1 amide bonds. The fourth-order valence-electron chi connectivity index (χ4n) is 2.93. The number of benzene rings is 1. The molecule has 2 atom stereocenters. The molecule has 182 valence electrons. The quantitative estimate of drug-likeness (QED) is 0.446. The first-order chi connectivity index (χ1) is 15.9. The average Bonchev–Trinajstić information content (AvgIpc) is 3.51. The molecule has 1 aliphatic heterocycles. The Labute approximate surface area is 202 Å². The van der Waals surface area contributed by atoms with Crippen molar-refractivity contribution in [1.82, 2.24) is 20.5 Å². The van der Waals surface area contributed by atoms with Crippen molar-refractivity contribution in [2.75, 3.05) is 27.2 Å². The normalized spacial score (nSPS) is 16.0. The SMILES string of the molecule is CCCC.CN1CCC[C@H]1c1nc(C(=O)c2ccccc2)cs1.CNC(C)C(=O)NCC=O. The van der Waals surface area contributed by atoms with Crippen molar-refractivity contribution in [3.8, 4) is 0 Å². The molecule has 0 saturated carbocycles. The van der Waals surface area contributed by atoms with Crippen LogP contribution < -0.4 is 10.6 Å². The van der Waals surface area contributed by atoms with Crippen LogP contribution in [0.4, 0.5) is 0 Å². The van der Waals surface area contributed by atoms with Gasteiger partial charge in [-0.2, -0.15) is 0 Å². The summed E-state index contributed by atoms with van der Waals surface area (Å²) < 4.78 is 0. The van der Waals surface area contributed by atoms with Crippen molar-refractivity contribution >= 4 is 29.3 Å². The van der Waals surface area contributed by atoms with Gasteiger partial charge in [-0.1, -0.05) is 57.0 Å². The van der Waals surface area contributed by atoms with Gasteiger partial charge in [-0.05, 0) is 40.4 Å². The van der Waals surface area contributed by atoms with Gasteiger partial charge < -0.3 is 15.4 Å². The first-order valence-electron chi connectivity index (χ1n) is 11.5. The van der Waals surface area contributed by atoms with Gasteiger partial charge in [-0.25, -0.2) is 4.98 Å². The highest BCUT2D eigenvalue weighted by molar-refractivity contribution is 7.10. The Morgan fingerprint density at radius 1 is 1.24 bits per heavy atom. The molecule has 1 saturated heterocycles. The number of thiazole rings is 1. The van der Waals surface area contributed by atoms with Crippen LogP contribution in [0.5, 0.6) is 0 Å². The number of amides is 1. The van der Waals surface area contributed by atoms with Gasteiger partial charge in [0.1, 0.15) is 17.0 Å². The number of nitrogens with one attached hydrogen (secondary N) is 2. The zero-order valence-electron chi connectivity index (χ0n) is 20.5. The molecule has 0 spiro atoms. The first-order valence-corrected chi connectivity index (χ1v) is 12.4. The van der Waals surface area contributed by atoms with Crippen LogP contribution in [-0.4, -0.2) is 61.1 Å². The standard InChI is InChI=1S/C15H16N2OS.C6H12N2O2.C4H10/c1-17-9-5-8-13(17)15-16-12(10-19-15)14(18)11-6-3-2-4-7-11;1-5(7-2)6(10)8-3-4-9;1-3-4-2/h2-4,6-7,10,13H,5,8-9H2,1H3;4-5,7H,3H2,1-2H3,(H,8,10);3-4H2,1-2H3/t13-;;/m0../s1. The molecule has 0 radical (unpaired) electrons. The van der Waals surface area contributed by atoms with Crippen LogP contribution in [0.1, 0.15) is 73.6 Å². The van der Waals surface area contributed by atoms with Crippen LogP contribution in [0.25, 0.3) is 0 Å². The molecular formula is C25H38N4O3S. The average molecular weight is 475 g/mol. The van der Waals surface area contributed by atoms with E-state index >= 15 is 0 Å². The minimum absolute atomic E-state index is 0.0174. The van der Waals surface area contributed by atoms with Crippen LogP contribution in [0.2, 0.25) is 0 Å². The van der Waals surface area contributed by atoms with Crippen LogP contribution in [0.15, 0.2) is 35.7 Å². The van der Waals surface area contributed by atoms with Gasteiger partial charge in [-0.3, -0.25) is 14.5 Å². The molecular weight excluding hydrogens is 436 g/mol. The smallest absolute Gasteiger partial charge is 0.237 e. The van der Waals surface area contributed by atoms with Crippen LogP contribution in [-0.2, 0) is 9.59 Å². The van der Waals surface area contributed by atoms with E-state index in [1.165, 1.54) is 19.3 Å². The number of likely N-dealkylation sites (N-methyl/N-ethyl adjacent to an activating group) is 1. The minimum atomic E-state index is -0.236. The Kier molecular flexibility index (Phi) is 14.1. The highest BCUT2D eigenvalue weighted by atomic mass is 32.1. The summed E-state index contributed by atoms with van der Waals surface area (Å²) in [6.45, 7) is 7.29. The van der Waals surface area contributed by atoms with Crippen molar-refractivity contribution < 1.29 is 14.4 Å². The topological polar surface area (TPSA) is 91.4 Å². The van der Waals surface area contributed by atoms with E-state index in [1.54, 1.807) is 25.3 Å². The Morgan fingerprint density at radius 3 is 2.42 bits per heavy atom. The number of carbonyl (C=O) groups is 3. The summed E-state index contributed by atoms with van der Waals surface area (Å²) in [5, 5.41) is 8.11. The maximum absolute atomic E-state index is 12.3. The summed E-state index contributed by atoms with van der Waals surface area (Å²) >= 11 is 1.60. The molecule has 8 heteroatoms. The molecule has 1 fully saturated rings. The Bertz CT molecular complexity index is 839. The number of hydrogen-bond donors (Lipinski definition) is 2. The van der Waals surface area contributed by atoms with Crippen molar-refractivity contribution in [2.24, 2.45) is 0 Å². The molecule has 2 N–H and O–H groups in total. The van der Waals surface area contributed by atoms with E-state index < -0.39 is 0 Å². The van der Waals surface area contributed by atoms with Crippen molar-refractivity contribution in [3.05, 3.63) is 52.0 Å². The summed E-state index contributed by atoms with van der Waals surface area (Å²) in [6, 6.07) is 9.50. The number of rotatable bonds is 8. The van der Waals surface area contributed by atoms with Crippen molar-refractivity contribution in [3.63, 3.8) is 0 Å². The second kappa shape index (κ2) is 16.2. The van der Waals surface area contributed by atoms with E-state index in [4.69, 9.17) is 0 Å². The lowest BCUT2D eigenvalue weighted by molar-refractivity contribution is -0.123. The largest absolute Gasteiger partial charge is 0.348 e. The number of ketones is 1. The Hall–Kier alpha value is -2.42. The summed E-state index contributed by atoms with van der Waals surface area (Å²) in [5.41, 5.74) is 1.28. The van der Waals surface area contributed by atoms with Gasteiger partial charge in [0, 0.05) is 10.9 Å². The van der Waals surface area contributed by atoms with Crippen molar-refractivity contribution in [1.29, 1.82) is 0 Å². The number of carbonyl (C=O) groups excluding carboxylic acids is 3. The number of aldehydes is 1. The molecule has 1 aromatic heterocycles. The van der Waals surface area contributed by atoms with Gasteiger partial charge >= 0.3 is 0 Å². The lowest BCUT2D eigenvalue weighted by Gasteiger charge is -2.16. The Morgan fingerprint density at radius 2 is 1.91 bits per heavy atom. The molecule has 0 bridgehead atoms. The highest BCUT2D eigenvalue weighted by Gasteiger charge is 2.26. The summed E-state index contributed by atoms with van der Waals surface area (Å²) in [5.74, 6) is -0.140. The molecule has 3 rings (SSSR count). The second-order valence-electron chi connectivity index (χ2n) is 7.83. The number of unbranched alkanes of at least 4 members (excludes halogenated alkanes) is 1. The summed E-state index contributed by atoms with van der Waals surface area (Å²) in [6.07, 6.45) is 5.64. The first kappa shape index (κ1) is 28.6. The number of hydrogen-bond acceptors (Lipinski definition) is 7. The zero-order chi connectivity index (χ0) is 24.6. The van der Waals surface area contributed by atoms with E-state index in [0.717, 1.165) is 18.0 Å². The van der Waals surface area contributed by atoms with Gasteiger partial charge in [0.2, 0.25) is 11.7 Å². The van der Waals surface area contributed by atoms with Gasteiger partial charge in [0.25, 0.3) is 0 Å². The third kappa shape index (κ3) is 9.94. The number of aromatic nitrogens is 1. The van der Waals surface area contributed by atoms with E-state index in [2.05, 4.69) is 41.4 Å². The molecule has 33 heavy (non-hydrogen) atoms. The molecule has 1 unspecified atom stereocenters. The lowest BCUT2D eigenvalue weighted by atomic mass is 10.1. The van der Waals surface area contributed by atoms with Crippen molar-refractivity contribution in [2.45, 2.75) is 58.5 Å². The molecule has 1 aliphatic rings. The monoisotopic (exact) mass is 474 g/mol. The summed E-state index contributed by atoms with van der Waals surface area (Å²) in [4.78, 5) is 39.7. The minimum Gasteiger partial charge on any atom is -0.348 e. The predicted molar refractivity (Wildman–Crippen MR) is 135 cm³/mol. The third-order valence-electron chi connectivity index (χ3n) is 5.28. The molecule has 2 heterocycles. The fourth-order valence-corrected chi connectivity index (χ4v) is 3.93.